The maximum absolute atomic E-state index is 13.0. The lowest BCUT2D eigenvalue weighted by Gasteiger charge is -2.11. The number of amides is 2. The summed E-state index contributed by atoms with van der Waals surface area (Å²) in [5.41, 5.74) is 2.01. The van der Waals surface area contributed by atoms with Gasteiger partial charge in [0.25, 0.3) is 11.8 Å². The zero-order valence-corrected chi connectivity index (χ0v) is 18.0. The van der Waals surface area contributed by atoms with E-state index in [0.29, 0.717) is 24.5 Å². The van der Waals surface area contributed by atoms with Crippen LogP contribution < -0.4 is 10.6 Å². The van der Waals surface area contributed by atoms with Gasteiger partial charge >= 0.3 is 0 Å². The van der Waals surface area contributed by atoms with Crippen LogP contribution in [0.4, 0.5) is 11.4 Å². The van der Waals surface area contributed by atoms with Crippen molar-refractivity contribution in [3.63, 3.8) is 0 Å². The smallest absolute Gasteiger partial charge is 0.291 e. The standard InChI is InChI=1S/C21H27N7O3/c1-4-28-19(21(30)24-16-11-22-26(3)14(16)2)17(12-23-28)25-20(29)18-8-7-15(31-18)13-27-9-5-6-10-27/h7-8,11-12H,4-6,9-10,13H2,1-3H3,(H,24,30)(H,25,29). The van der Waals surface area contributed by atoms with Gasteiger partial charge in [0, 0.05) is 13.6 Å². The van der Waals surface area contributed by atoms with Crippen molar-refractivity contribution in [2.75, 3.05) is 23.7 Å². The summed E-state index contributed by atoms with van der Waals surface area (Å²) in [6.45, 7) is 7.01. The van der Waals surface area contributed by atoms with Crippen molar-refractivity contribution in [1.29, 1.82) is 0 Å². The normalized spacial score (nSPS) is 14.2. The van der Waals surface area contributed by atoms with Gasteiger partial charge in [0.2, 0.25) is 0 Å². The molecule has 1 aliphatic rings. The molecule has 0 aromatic carbocycles. The van der Waals surface area contributed by atoms with E-state index in [2.05, 4.69) is 25.7 Å². The number of aromatic nitrogens is 4. The van der Waals surface area contributed by atoms with Crippen LogP contribution in [0.25, 0.3) is 0 Å². The maximum atomic E-state index is 13.0. The third-order valence-electron chi connectivity index (χ3n) is 5.55. The molecular formula is C21H27N7O3. The molecule has 10 heteroatoms. The molecule has 10 nitrogen and oxygen atoms in total. The van der Waals surface area contributed by atoms with Gasteiger partial charge in [-0.2, -0.15) is 10.2 Å². The summed E-state index contributed by atoms with van der Waals surface area (Å²) in [5.74, 6) is 0.157. The molecule has 3 aromatic heterocycles. The van der Waals surface area contributed by atoms with Crippen LogP contribution >= 0.6 is 0 Å². The number of aryl methyl sites for hydroxylation is 2. The van der Waals surface area contributed by atoms with E-state index in [-0.39, 0.29) is 17.4 Å². The third-order valence-corrected chi connectivity index (χ3v) is 5.55. The fourth-order valence-electron chi connectivity index (χ4n) is 3.69. The quantitative estimate of drug-likeness (QED) is 0.602. The van der Waals surface area contributed by atoms with Crippen molar-refractivity contribution in [3.05, 3.63) is 47.4 Å². The van der Waals surface area contributed by atoms with Crippen LogP contribution in [0.5, 0.6) is 0 Å². The van der Waals surface area contributed by atoms with Gasteiger partial charge in [-0.1, -0.05) is 0 Å². The highest BCUT2D eigenvalue weighted by atomic mass is 16.4. The Kier molecular flexibility index (Phi) is 5.90. The molecule has 0 aliphatic carbocycles. The number of furan rings is 1. The van der Waals surface area contributed by atoms with Crippen LogP contribution in [0.2, 0.25) is 0 Å². The zero-order chi connectivity index (χ0) is 22.0. The van der Waals surface area contributed by atoms with Gasteiger partial charge < -0.3 is 15.1 Å². The van der Waals surface area contributed by atoms with Crippen molar-refractivity contribution >= 4 is 23.2 Å². The lowest BCUT2D eigenvalue weighted by Crippen LogP contribution is -2.21. The number of hydrogen-bond donors (Lipinski definition) is 2. The van der Waals surface area contributed by atoms with Crippen LogP contribution in [0.15, 0.2) is 28.9 Å². The number of hydrogen-bond acceptors (Lipinski definition) is 6. The lowest BCUT2D eigenvalue weighted by molar-refractivity contribution is 0.0993. The molecular weight excluding hydrogens is 398 g/mol. The highest BCUT2D eigenvalue weighted by Crippen LogP contribution is 2.21. The van der Waals surface area contributed by atoms with E-state index < -0.39 is 5.91 Å². The minimum Gasteiger partial charge on any atom is -0.455 e. The van der Waals surface area contributed by atoms with Gasteiger partial charge in [0.05, 0.1) is 36.0 Å². The number of anilines is 2. The van der Waals surface area contributed by atoms with E-state index in [1.807, 2.05) is 19.9 Å². The first-order chi connectivity index (χ1) is 15.0. The van der Waals surface area contributed by atoms with Crippen molar-refractivity contribution in [1.82, 2.24) is 24.5 Å². The summed E-state index contributed by atoms with van der Waals surface area (Å²) < 4.78 is 8.95. The Balaban J connectivity index is 1.49. The van der Waals surface area contributed by atoms with Gasteiger partial charge in [-0.15, -0.1) is 0 Å². The average molecular weight is 425 g/mol. The molecule has 4 rings (SSSR count). The van der Waals surface area contributed by atoms with E-state index in [1.165, 1.54) is 23.7 Å². The molecule has 0 spiro atoms. The van der Waals surface area contributed by atoms with Crippen molar-refractivity contribution < 1.29 is 14.0 Å². The summed E-state index contributed by atoms with van der Waals surface area (Å²) in [5, 5.41) is 14.0. The van der Waals surface area contributed by atoms with Crippen LogP contribution in [-0.2, 0) is 20.1 Å². The predicted molar refractivity (Wildman–Crippen MR) is 115 cm³/mol. The number of carbonyl (C=O) groups excluding carboxylic acids is 2. The summed E-state index contributed by atoms with van der Waals surface area (Å²) in [6, 6.07) is 3.48. The van der Waals surface area contributed by atoms with E-state index in [4.69, 9.17) is 4.42 Å². The molecule has 0 bridgehead atoms. The van der Waals surface area contributed by atoms with Gasteiger partial charge in [-0.25, -0.2) is 0 Å². The Morgan fingerprint density at radius 2 is 1.77 bits per heavy atom. The Morgan fingerprint density at radius 1 is 1.06 bits per heavy atom. The minimum absolute atomic E-state index is 0.202. The first-order valence-electron chi connectivity index (χ1n) is 10.4. The molecule has 0 saturated carbocycles. The van der Waals surface area contributed by atoms with Gasteiger partial charge in [0.15, 0.2) is 5.76 Å². The first-order valence-corrected chi connectivity index (χ1v) is 10.4. The van der Waals surface area contributed by atoms with Crippen LogP contribution in [-0.4, -0.2) is 49.4 Å². The number of nitrogens with one attached hydrogen (secondary N) is 2. The largest absolute Gasteiger partial charge is 0.455 e. The Morgan fingerprint density at radius 3 is 2.45 bits per heavy atom. The van der Waals surface area contributed by atoms with Gasteiger partial charge in [-0.05, 0) is 51.9 Å². The average Bonchev–Trinajstić information content (AvgIpc) is 3.54. The molecule has 3 aromatic rings. The van der Waals surface area contributed by atoms with Crippen LogP contribution in [0, 0.1) is 6.92 Å². The topological polar surface area (TPSA) is 110 Å². The molecule has 2 amide bonds. The van der Waals surface area contributed by atoms with Crippen molar-refractivity contribution in [2.45, 2.75) is 39.8 Å². The van der Waals surface area contributed by atoms with E-state index in [1.54, 1.807) is 24.0 Å². The minimum atomic E-state index is -0.421. The first kappa shape index (κ1) is 20.9. The Bertz CT molecular complexity index is 1090. The van der Waals surface area contributed by atoms with E-state index >= 15 is 0 Å². The van der Waals surface area contributed by atoms with Crippen LogP contribution in [0.1, 0.15) is 52.3 Å². The van der Waals surface area contributed by atoms with Gasteiger partial charge in [-0.3, -0.25) is 23.9 Å². The molecule has 1 fully saturated rings. The molecule has 31 heavy (non-hydrogen) atoms. The molecule has 164 valence electrons. The Labute approximate surface area is 180 Å². The second-order valence-corrected chi connectivity index (χ2v) is 7.65. The fraction of sp³-hybridized carbons (Fsp3) is 0.429. The molecule has 0 unspecified atom stereocenters. The molecule has 0 atom stereocenters. The molecule has 1 aliphatic heterocycles. The maximum Gasteiger partial charge on any atom is 0.291 e. The highest BCUT2D eigenvalue weighted by Gasteiger charge is 2.23. The number of carbonyl (C=O) groups is 2. The molecule has 2 N–H and O–H groups in total. The Hall–Kier alpha value is -3.40. The summed E-state index contributed by atoms with van der Waals surface area (Å²) in [7, 11) is 1.80. The lowest BCUT2D eigenvalue weighted by atomic mass is 10.3. The van der Waals surface area contributed by atoms with E-state index in [9.17, 15) is 9.59 Å². The second-order valence-electron chi connectivity index (χ2n) is 7.65. The van der Waals surface area contributed by atoms with Crippen molar-refractivity contribution in [2.24, 2.45) is 7.05 Å². The van der Waals surface area contributed by atoms with Crippen molar-refractivity contribution in [3.8, 4) is 0 Å². The third kappa shape index (κ3) is 4.38. The van der Waals surface area contributed by atoms with Gasteiger partial charge in [0.1, 0.15) is 11.5 Å². The summed E-state index contributed by atoms with van der Waals surface area (Å²) >= 11 is 0. The summed E-state index contributed by atoms with van der Waals surface area (Å²) in [6.07, 6.45) is 5.45. The number of nitrogens with zero attached hydrogens (tertiary/aromatic N) is 5. The number of rotatable bonds is 7. The molecule has 1 saturated heterocycles. The highest BCUT2D eigenvalue weighted by molar-refractivity contribution is 6.11. The second kappa shape index (κ2) is 8.76. The summed E-state index contributed by atoms with van der Waals surface area (Å²) in [4.78, 5) is 28.0. The monoisotopic (exact) mass is 425 g/mol. The van der Waals surface area contributed by atoms with E-state index in [0.717, 1.165) is 24.5 Å². The molecule has 0 radical (unpaired) electrons. The molecule has 4 heterocycles. The number of likely N-dealkylation sites (tertiary alicyclic amines) is 1. The SMILES string of the molecule is CCn1ncc(NC(=O)c2ccc(CN3CCCC3)o2)c1C(=O)Nc1cnn(C)c1C. The fourth-order valence-corrected chi connectivity index (χ4v) is 3.69. The predicted octanol–water partition coefficient (Wildman–Crippen LogP) is 2.64. The zero-order valence-electron chi connectivity index (χ0n) is 18.0. The van der Waals surface area contributed by atoms with Crippen LogP contribution in [0.3, 0.4) is 0 Å².